The smallest absolute Gasteiger partial charge is 0.143 e. The Hall–Kier alpha value is -0.780. The van der Waals surface area contributed by atoms with E-state index in [1.165, 1.54) is 12.1 Å². The maximum Gasteiger partial charge on any atom is 0.143 e. The van der Waals surface area contributed by atoms with E-state index in [1.54, 1.807) is 11.3 Å². The Labute approximate surface area is 116 Å². The number of nitrogens with one attached hydrogen (secondary N) is 1. The molecular formula is C11H9BrClFN2S. The third-order valence-electron chi connectivity index (χ3n) is 2.17. The van der Waals surface area contributed by atoms with Crippen LogP contribution in [-0.4, -0.2) is 0 Å². The van der Waals surface area contributed by atoms with Crippen molar-refractivity contribution in [3.63, 3.8) is 0 Å². The number of halogens is 3. The van der Waals surface area contributed by atoms with Gasteiger partial charge in [0.25, 0.3) is 0 Å². The van der Waals surface area contributed by atoms with Crippen molar-refractivity contribution in [2.75, 3.05) is 11.1 Å². The van der Waals surface area contributed by atoms with Crippen LogP contribution in [0.5, 0.6) is 0 Å². The largest absolute Gasteiger partial charge is 0.397 e. The third-order valence-corrected chi connectivity index (χ3v) is 4.15. The van der Waals surface area contributed by atoms with E-state index in [4.69, 9.17) is 17.3 Å². The predicted molar refractivity (Wildman–Crippen MR) is 75.2 cm³/mol. The second kappa shape index (κ2) is 5.25. The van der Waals surface area contributed by atoms with Gasteiger partial charge in [0.05, 0.1) is 16.4 Å². The molecular weight excluding hydrogens is 327 g/mol. The molecule has 2 aromatic rings. The molecule has 1 heterocycles. The number of benzene rings is 1. The quantitative estimate of drug-likeness (QED) is 0.811. The van der Waals surface area contributed by atoms with E-state index in [0.717, 1.165) is 9.35 Å². The molecule has 0 radical (unpaired) electrons. The van der Waals surface area contributed by atoms with E-state index < -0.39 is 5.82 Å². The van der Waals surface area contributed by atoms with E-state index in [9.17, 15) is 4.39 Å². The van der Waals surface area contributed by atoms with Gasteiger partial charge in [0, 0.05) is 27.3 Å². The third kappa shape index (κ3) is 3.12. The molecule has 90 valence electrons. The highest BCUT2D eigenvalue weighted by Gasteiger charge is 2.06. The Morgan fingerprint density at radius 3 is 2.82 bits per heavy atom. The zero-order valence-electron chi connectivity index (χ0n) is 8.64. The molecule has 0 bridgehead atoms. The van der Waals surface area contributed by atoms with Crippen LogP contribution >= 0.6 is 38.9 Å². The Kier molecular flexibility index (Phi) is 3.91. The molecule has 0 saturated heterocycles. The fraction of sp³-hybridized carbons (Fsp3) is 0.0909. The van der Waals surface area contributed by atoms with Gasteiger partial charge in [-0.3, -0.25) is 0 Å². The van der Waals surface area contributed by atoms with E-state index in [1.807, 2.05) is 11.4 Å². The summed E-state index contributed by atoms with van der Waals surface area (Å²) < 4.78 is 14.3. The van der Waals surface area contributed by atoms with Gasteiger partial charge >= 0.3 is 0 Å². The Morgan fingerprint density at radius 1 is 1.41 bits per heavy atom. The number of nitrogens with two attached hydrogens (primary N) is 1. The minimum atomic E-state index is -0.476. The van der Waals surface area contributed by atoms with Crippen LogP contribution < -0.4 is 11.1 Å². The van der Waals surface area contributed by atoms with Crippen LogP contribution in [0.15, 0.2) is 28.1 Å². The first kappa shape index (κ1) is 12.7. The average Bonchev–Trinajstić information content (AvgIpc) is 2.68. The number of hydrogen-bond donors (Lipinski definition) is 2. The second-order valence-electron chi connectivity index (χ2n) is 3.44. The average molecular weight is 336 g/mol. The van der Waals surface area contributed by atoms with Gasteiger partial charge in [-0.25, -0.2) is 4.39 Å². The zero-order valence-corrected chi connectivity index (χ0v) is 11.8. The Bertz CT molecular complexity index is 544. The van der Waals surface area contributed by atoms with Crippen molar-refractivity contribution in [2.24, 2.45) is 0 Å². The molecule has 2 nitrogen and oxygen atoms in total. The molecule has 0 spiro atoms. The highest BCUT2D eigenvalue weighted by atomic mass is 79.9. The van der Waals surface area contributed by atoms with E-state index in [0.29, 0.717) is 17.9 Å². The SMILES string of the molecule is Nc1cc(Cl)c(F)cc1NCc1cc(Br)cs1. The standard InChI is InChI=1S/C11H9BrClFN2S/c12-6-1-7(17-5-6)4-16-11-3-9(14)8(13)2-10(11)15/h1-3,5,16H,4,15H2. The van der Waals surface area contributed by atoms with Crippen molar-refractivity contribution in [3.8, 4) is 0 Å². The van der Waals surface area contributed by atoms with Crippen LogP contribution in [0.25, 0.3) is 0 Å². The number of anilines is 2. The summed E-state index contributed by atoms with van der Waals surface area (Å²) >= 11 is 10.6. The molecule has 0 aliphatic carbocycles. The molecule has 0 fully saturated rings. The lowest BCUT2D eigenvalue weighted by atomic mass is 10.2. The molecule has 0 atom stereocenters. The number of rotatable bonds is 3. The van der Waals surface area contributed by atoms with Crippen LogP contribution in [0.4, 0.5) is 15.8 Å². The summed E-state index contributed by atoms with van der Waals surface area (Å²) in [6.07, 6.45) is 0. The number of hydrogen-bond acceptors (Lipinski definition) is 3. The molecule has 1 aromatic heterocycles. The second-order valence-corrected chi connectivity index (χ2v) is 5.76. The van der Waals surface area contributed by atoms with E-state index in [-0.39, 0.29) is 5.02 Å². The van der Waals surface area contributed by atoms with Crippen LogP contribution in [0.1, 0.15) is 4.88 Å². The normalized spacial score (nSPS) is 10.5. The monoisotopic (exact) mass is 334 g/mol. The minimum Gasteiger partial charge on any atom is -0.397 e. The van der Waals surface area contributed by atoms with Gasteiger partial charge in [-0.2, -0.15) is 0 Å². The molecule has 6 heteroatoms. The van der Waals surface area contributed by atoms with Gasteiger partial charge in [-0.1, -0.05) is 11.6 Å². The topological polar surface area (TPSA) is 38.0 Å². The van der Waals surface area contributed by atoms with Crippen LogP contribution in [0.3, 0.4) is 0 Å². The summed E-state index contributed by atoms with van der Waals surface area (Å²) in [6, 6.07) is 4.71. The molecule has 1 aromatic carbocycles. The summed E-state index contributed by atoms with van der Waals surface area (Å²) in [5.74, 6) is -0.476. The molecule has 0 aliphatic heterocycles. The van der Waals surface area contributed by atoms with Crippen molar-refractivity contribution >= 4 is 50.2 Å². The molecule has 0 saturated carbocycles. The van der Waals surface area contributed by atoms with Gasteiger partial charge in [-0.05, 0) is 28.1 Å². The summed E-state index contributed by atoms with van der Waals surface area (Å²) in [7, 11) is 0. The minimum absolute atomic E-state index is 0.0342. The first-order valence-corrected chi connectivity index (χ1v) is 6.82. The van der Waals surface area contributed by atoms with Crippen LogP contribution in [0, 0.1) is 5.82 Å². The van der Waals surface area contributed by atoms with E-state index >= 15 is 0 Å². The van der Waals surface area contributed by atoms with Crippen LogP contribution in [0.2, 0.25) is 5.02 Å². The molecule has 3 N–H and O–H groups in total. The summed E-state index contributed by atoms with van der Waals surface area (Å²) in [5, 5.41) is 5.10. The fourth-order valence-corrected chi connectivity index (χ4v) is 2.91. The summed E-state index contributed by atoms with van der Waals surface area (Å²) in [4.78, 5) is 1.13. The Morgan fingerprint density at radius 2 is 2.18 bits per heavy atom. The lowest BCUT2D eigenvalue weighted by Gasteiger charge is -2.09. The molecule has 17 heavy (non-hydrogen) atoms. The predicted octanol–water partition coefficient (Wildman–Crippen LogP) is 4.50. The maximum absolute atomic E-state index is 13.3. The highest BCUT2D eigenvalue weighted by Crippen LogP contribution is 2.27. The van der Waals surface area contributed by atoms with Gasteiger partial charge in [0.1, 0.15) is 5.82 Å². The molecule has 0 unspecified atom stereocenters. The van der Waals surface area contributed by atoms with Crippen molar-refractivity contribution in [1.29, 1.82) is 0 Å². The van der Waals surface area contributed by atoms with Crippen molar-refractivity contribution in [1.82, 2.24) is 0 Å². The first-order chi connectivity index (χ1) is 8.06. The van der Waals surface area contributed by atoms with Gasteiger partial charge in [0.15, 0.2) is 0 Å². The highest BCUT2D eigenvalue weighted by molar-refractivity contribution is 9.10. The lowest BCUT2D eigenvalue weighted by molar-refractivity contribution is 0.629. The van der Waals surface area contributed by atoms with Crippen molar-refractivity contribution in [3.05, 3.63) is 43.8 Å². The van der Waals surface area contributed by atoms with Gasteiger partial charge < -0.3 is 11.1 Å². The maximum atomic E-state index is 13.3. The number of nitrogen functional groups attached to an aromatic ring is 1. The van der Waals surface area contributed by atoms with E-state index in [2.05, 4.69) is 21.2 Å². The summed E-state index contributed by atoms with van der Waals surface area (Å²) in [5.41, 5.74) is 6.73. The fourth-order valence-electron chi connectivity index (χ4n) is 1.34. The molecule has 2 rings (SSSR count). The van der Waals surface area contributed by atoms with Crippen molar-refractivity contribution < 1.29 is 4.39 Å². The first-order valence-electron chi connectivity index (χ1n) is 4.77. The van der Waals surface area contributed by atoms with Crippen molar-refractivity contribution in [2.45, 2.75) is 6.54 Å². The van der Waals surface area contributed by atoms with Gasteiger partial charge in [-0.15, -0.1) is 11.3 Å². The van der Waals surface area contributed by atoms with Gasteiger partial charge in [0.2, 0.25) is 0 Å². The molecule has 0 amide bonds. The Balaban J connectivity index is 2.11. The lowest BCUT2D eigenvalue weighted by Crippen LogP contribution is -2.02. The zero-order chi connectivity index (χ0) is 12.4. The summed E-state index contributed by atoms with van der Waals surface area (Å²) in [6.45, 7) is 0.599. The number of thiophene rings is 1. The molecule has 0 aliphatic rings. The van der Waals surface area contributed by atoms with Crippen LogP contribution in [-0.2, 0) is 6.54 Å².